The number of sulfonamides is 1. The van der Waals surface area contributed by atoms with Crippen molar-refractivity contribution < 1.29 is 12.9 Å². The standard InChI is InChI=1S/C18H28N6O3S/c1-4-16-15(17(5-2)27-24-16)13-22-18(20-6-3)21-10-11-23-28(25,26)14-8-7-9-19-12-14/h7-9,12,23H,4-6,10-11,13H2,1-3H3,(H2,20,21,22). The Morgan fingerprint density at radius 1 is 1.18 bits per heavy atom. The van der Waals surface area contributed by atoms with Gasteiger partial charge in [0.1, 0.15) is 10.7 Å². The smallest absolute Gasteiger partial charge is 0.242 e. The van der Waals surface area contributed by atoms with E-state index in [-0.39, 0.29) is 11.4 Å². The molecule has 28 heavy (non-hydrogen) atoms. The Hall–Kier alpha value is -2.46. The van der Waals surface area contributed by atoms with Gasteiger partial charge in [0.2, 0.25) is 10.0 Å². The lowest BCUT2D eigenvalue weighted by atomic mass is 10.1. The highest BCUT2D eigenvalue weighted by Crippen LogP contribution is 2.16. The van der Waals surface area contributed by atoms with Crippen molar-refractivity contribution in [3.8, 4) is 0 Å². The van der Waals surface area contributed by atoms with Gasteiger partial charge >= 0.3 is 0 Å². The van der Waals surface area contributed by atoms with Crippen molar-refractivity contribution in [2.75, 3.05) is 19.6 Å². The van der Waals surface area contributed by atoms with Crippen molar-refractivity contribution in [3.05, 3.63) is 41.5 Å². The normalized spacial score (nSPS) is 12.2. The Bertz CT molecular complexity index is 843. The Morgan fingerprint density at radius 2 is 2.00 bits per heavy atom. The van der Waals surface area contributed by atoms with Crippen LogP contribution in [0.5, 0.6) is 0 Å². The van der Waals surface area contributed by atoms with Crippen LogP contribution in [0.15, 0.2) is 38.9 Å². The minimum Gasteiger partial charge on any atom is -0.361 e. The van der Waals surface area contributed by atoms with Gasteiger partial charge in [-0.25, -0.2) is 18.1 Å². The molecule has 2 rings (SSSR count). The van der Waals surface area contributed by atoms with Gasteiger partial charge in [-0.3, -0.25) is 4.98 Å². The third-order valence-corrected chi connectivity index (χ3v) is 5.45. The van der Waals surface area contributed by atoms with Gasteiger partial charge < -0.3 is 15.2 Å². The second-order valence-corrected chi connectivity index (χ2v) is 7.71. The van der Waals surface area contributed by atoms with E-state index in [4.69, 9.17) is 4.52 Å². The summed E-state index contributed by atoms with van der Waals surface area (Å²) >= 11 is 0. The van der Waals surface area contributed by atoms with Crippen LogP contribution < -0.4 is 15.4 Å². The number of pyridine rings is 1. The number of aryl methyl sites for hydroxylation is 2. The minimum absolute atomic E-state index is 0.141. The van der Waals surface area contributed by atoms with Crippen LogP contribution in [-0.4, -0.2) is 44.2 Å². The highest BCUT2D eigenvalue weighted by molar-refractivity contribution is 7.89. The molecule has 0 atom stereocenters. The van der Waals surface area contributed by atoms with E-state index in [0.29, 0.717) is 25.6 Å². The molecule has 0 amide bonds. The summed E-state index contributed by atoms with van der Waals surface area (Å²) < 4.78 is 32.3. The highest BCUT2D eigenvalue weighted by atomic mass is 32.2. The summed E-state index contributed by atoms with van der Waals surface area (Å²) in [5, 5.41) is 10.4. The van der Waals surface area contributed by atoms with Crippen molar-refractivity contribution in [2.24, 2.45) is 4.99 Å². The molecule has 9 nitrogen and oxygen atoms in total. The molecule has 2 aromatic rings. The summed E-state index contributed by atoms with van der Waals surface area (Å²) in [6, 6.07) is 3.09. The lowest BCUT2D eigenvalue weighted by Crippen LogP contribution is -2.41. The molecule has 10 heteroatoms. The summed E-state index contributed by atoms with van der Waals surface area (Å²) in [5.74, 6) is 1.45. The Balaban J connectivity index is 1.92. The zero-order valence-electron chi connectivity index (χ0n) is 16.5. The largest absolute Gasteiger partial charge is 0.361 e. The maximum Gasteiger partial charge on any atom is 0.242 e. The molecule has 0 aliphatic heterocycles. The first-order valence-corrected chi connectivity index (χ1v) is 10.9. The Kier molecular flexibility index (Phi) is 8.40. The van der Waals surface area contributed by atoms with Crippen molar-refractivity contribution >= 4 is 16.0 Å². The first kappa shape index (κ1) is 21.8. The Labute approximate surface area is 166 Å². The molecule has 0 radical (unpaired) electrons. The van der Waals surface area contributed by atoms with Gasteiger partial charge in [-0.05, 0) is 25.5 Å². The van der Waals surface area contributed by atoms with Gasteiger partial charge in [0.25, 0.3) is 0 Å². The molecule has 2 aromatic heterocycles. The predicted octanol–water partition coefficient (Wildman–Crippen LogP) is 1.23. The van der Waals surface area contributed by atoms with Crippen LogP contribution in [0.4, 0.5) is 0 Å². The molecule has 0 aromatic carbocycles. The van der Waals surface area contributed by atoms with Crippen LogP contribution in [0.25, 0.3) is 0 Å². The fourth-order valence-corrected chi connectivity index (χ4v) is 3.57. The summed E-state index contributed by atoms with van der Waals surface area (Å²) in [4.78, 5) is 8.55. The van der Waals surface area contributed by atoms with E-state index in [2.05, 4.69) is 30.5 Å². The van der Waals surface area contributed by atoms with Crippen LogP contribution >= 0.6 is 0 Å². The first-order valence-electron chi connectivity index (χ1n) is 9.39. The van der Waals surface area contributed by atoms with Gasteiger partial charge in [0.05, 0.1) is 12.2 Å². The van der Waals surface area contributed by atoms with E-state index in [1.165, 1.54) is 18.5 Å². The zero-order valence-corrected chi connectivity index (χ0v) is 17.3. The molecule has 154 valence electrons. The summed E-state index contributed by atoms with van der Waals surface area (Å²) in [7, 11) is -3.57. The maximum absolute atomic E-state index is 12.2. The number of nitrogens with one attached hydrogen (secondary N) is 3. The van der Waals surface area contributed by atoms with E-state index >= 15 is 0 Å². The number of nitrogens with zero attached hydrogens (tertiary/aromatic N) is 3. The summed E-state index contributed by atoms with van der Waals surface area (Å²) in [6.07, 6.45) is 4.40. The molecular formula is C18H28N6O3S. The van der Waals surface area contributed by atoms with E-state index in [0.717, 1.165) is 29.9 Å². The minimum atomic E-state index is -3.57. The van der Waals surface area contributed by atoms with Crippen molar-refractivity contribution in [2.45, 2.75) is 45.1 Å². The van der Waals surface area contributed by atoms with Crippen LogP contribution in [0, 0.1) is 0 Å². The lowest BCUT2D eigenvalue weighted by molar-refractivity contribution is 0.380. The van der Waals surface area contributed by atoms with E-state index in [9.17, 15) is 8.42 Å². The SMILES string of the molecule is CCNC(=NCc1c(CC)noc1CC)NCCNS(=O)(=O)c1cccnc1. The number of rotatable bonds is 10. The molecule has 0 bridgehead atoms. The fourth-order valence-electron chi connectivity index (χ4n) is 2.57. The van der Waals surface area contributed by atoms with Gasteiger partial charge in [-0.1, -0.05) is 19.0 Å². The number of hydrogen-bond donors (Lipinski definition) is 3. The average molecular weight is 409 g/mol. The second kappa shape index (κ2) is 10.8. The van der Waals surface area contributed by atoms with Crippen molar-refractivity contribution in [1.82, 2.24) is 25.5 Å². The molecule has 0 saturated carbocycles. The highest BCUT2D eigenvalue weighted by Gasteiger charge is 2.14. The fraction of sp³-hybridized carbons (Fsp3) is 0.500. The molecule has 0 aliphatic rings. The predicted molar refractivity (Wildman–Crippen MR) is 108 cm³/mol. The Morgan fingerprint density at radius 3 is 2.64 bits per heavy atom. The van der Waals surface area contributed by atoms with E-state index in [1.54, 1.807) is 6.07 Å². The van der Waals surface area contributed by atoms with Crippen molar-refractivity contribution in [3.63, 3.8) is 0 Å². The third kappa shape index (κ3) is 6.03. The molecule has 0 spiro atoms. The number of guanidine groups is 1. The molecular weight excluding hydrogens is 380 g/mol. The van der Waals surface area contributed by atoms with E-state index < -0.39 is 10.0 Å². The van der Waals surface area contributed by atoms with Gasteiger partial charge in [-0.2, -0.15) is 0 Å². The van der Waals surface area contributed by atoms with Crippen LogP contribution in [-0.2, 0) is 29.4 Å². The third-order valence-electron chi connectivity index (χ3n) is 4.00. The zero-order chi connectivity index (χ0) is 20.4. The monoisotopic (exact) mass is 408 g/mol. The van der Waals surface area contributed by atoms with Gasteiger partial charge in [0.15, 0.2) is 5.96 Å². The summed E-state index contributed by atoms with van der Waals surface area (Å²) in [6.45, 7) is 7.76. The number of aromatic nitrogens is 2. The topological polar surface area (TPSA) is 122 Å². The van der Waals surface area contributed by atoms with Crippen LogP contribution in [0.2, 0.25) is 0 Å². The molecule has 2 heterocycles. The van der Waals surface area contributed by atoms with Crippen LogP contribution in [0.1, 0.15) is 37.8 Å². The molecule has 0 aliphatic carbocycles. The molecule has 3 N–H and O–H groups in total. The summed E-state index contributed by atoms with van der Waals surface area (Å²) in [5.41, 5.74) is 1.93. The second-order valence-electron chi connectivity index (χ2n) is 5.95. The molecule has 0 saturated heterocycles. The van der Waals surface area contributed by atoms with Gasteiger partial charge in [0, 0.05) is 44.0 Å². The van der Waals surface area contributed by atoms with Crippen LogP contribution in [0.3, 0.4) is 0 Å². The molecule has 0 fully saturated rings. The number of aliphatic imine (C=N–C) groups is 1. The average Bonchev–Trinajstić information content (AvgIpc) is 3.12. The number of hydrogen-bond acceptors (Lipinski definition) is 6. The maximum atomic E-state index is 12.2. The van der Waals surface area contributed by atoms with Crippen molar-refractivity contribution in [1.29, 1.82) is 0 Å². The lowest BCUT2D eigenvalue weighted by Gasteiger charge is -2.12. The molecule has 0 unspecified atom stereocenters. The quantitative estimate of drug-likeness (QED) is 0.307. The first-order chi connectivity index (χ1) is 13.5. The van der Waals surface area contributed by atoms with Gasteiger partial charge in [-0.15, -0.1) is 0 Å². The van der Waals surface area contributed by atoms with E-state index in [1.807, 2.05) is 20.8 Å².